The van der Waals surface area contributed by atoms with Crippen molar-refractivity contribution >= 4 is 46.6 Å². The molecule has 0 saturated heterocycles. The first-order chi connectivity index (χ1) is 17.5. The van der Waals surface area contributed by atoms with Gasteiger partial charge in [-0.2, -0.15) is 18.4 Å². The minimum Gasteiger partial charge on any atom is -0.383 e. The number of rotatable bonds is 11. The van der Waals surface area contributed by atoms with Crippen LogP contribution in [0.25, 0.3) is 11.8 Å². The van der Waals surface area contributed by atoms with Gasteiger partial charge in [0.2, 0.25) is 5.91 Å². The molecule has 3 N–H and O–H groups in total. The van der Waals surface area contributed by atoms with Crippen LogP contribution in [0.15, 0.2) is 23.0 Å². The van der Waals surface area contributed by atoms with Gasteiger partial charge in [-0.3, -0.25) is 23.9 Å². The SMILES string of the molecule is CCn1c(=C(C#N)C(=O)NCC(F)(F)F)sc(=CNc2cccc(NC(=O)CN(C)CCOC)n2)c1=O. The molecule has 15 heteroatoms. The van der Waals surface area contributed by atoms with Gasteiger partial charge in [-0.05, 0) is 26.1 Å². The Bertz CT molecular complexity index is 1330. The number of carbonyl (C=O) groups excluding carboxylic acids is 2. The number of methoxy groups -OCH3 is 1. The predicted octanol–water partition coefficient (Wildman–Crippen LogP) is 0.0443. The maximum Gasteiger partial charge on any atom is 0.405 e. The van der Waals surface area contributed by atoms with Crippen molar-refractivity contribution in [2.75, 3.05) is 51.0 Å². The van der Waals surface area contributed by atoms with Crippen molar-refractivity contribution in [1.29, 1.82) is 5.26 Å². The van der Waals surface area contributed by atoms with Crippen LogP contribution in [0.5, 0.6) is 0 Å². The van der Waals surface area contributed by atoms with Crippen molar-refractivity contribution in [2.45, 2.75) is 19.6 Å². The summed E-state index contributed by atoms with van der Waals surface area (Å²) in [4.78, 5) is 43.2. The lowest BCUT2D eigenvalue weighted by Gasteiger charge is -2.15. The largest absolute Gasteiger partial charge is 0.405 e. The topological polar surface area (TPSA) is 141 Å². The van der Waals surface area contributed by atoms with E-state index in [1.54, 1.807) is 55.6 Å². The number of amides is 2. The highest BCUT2D eigenvalue weighted by Gasteiger charge is 2.28. The molecule has 0 saturated carbocycles. The van der Waals surface area contributed by atoms with Crippen molar-refractivity contribution in [3.05, 3.63) is 37.7 Å². The van der Waals surface area contributed by atoms with Crippen LogP contribution in [0.1, 0.15) is 6.92 Å². The average Bonchev–Trinajstić information content (AvgIpc) is 3.15. The van der Waals surface area contributed by atoms with Crippen molar-refractivity contribution in [1.82, 2.24) is 19.8 Å². The Morgan fingerprint density at radius 2 is 2.03 bits per heavy atom. The molecule has 2 rings (SSSR count). The average molecular weight is 542 g/mol. The number of halogens is 3. The minimum absolute atomic E-state index is 0.0747. The molecule has 2 aromatic heterocycles. The number of anilines is 2. The number of alkyl halides is 3. The number of thiazole rings is 1. The van der Waals surface area contributed by atoms with Crippen molar-refractivity contribution in [3.8, 4) is 6.07 Å². The molecule has 0 aliphatic carbocycles. The van der Waals surface area contributed by atoms with Crippen molar-refractivity contribution in [2.24, 2.45) is 0 Å². The van der Waals surface area contributed by atoms with E-state index in [0.29, 0.717) is 13.2 Å². The molecular formula is C22H26F3N7O4S. The third-order valence-corrected chi connectivity index (χ3v) is 5.81. The Balaban J connectivity index is 2.27. The molecule has 0 radical (unpaired) electrons. The van der Waals surface area contributed by atoms with E-state index in [1.807, 2.05) is 0 Å². The maximum atomic E-state index is 12.8. The molecule has 0 fully saturated rings. The first-order valence-corrected chi connectivity index (χ1v) is 11.7. The lowest BCUT2D eigenvalue weighted by molar-refractivity contribution is -0.135. The summed E-state index contributed by atoms with van der Waals surface area (Å²) in [6.07, 6.45) is -3.35. The van der Waals surface area contributed by atoms with E-state index in [-0.39, 0.29) is 39.8 Å². The Hall–Kier alpha value is -3.74. The number of ether oxygens (including phenoxy) is 1. The first kappa shape index (κ1) is 29.5. The number of nitrogens with zero attached hydrogens (tertiary/aromatic N) is 4. The molecule has 0 spiro atoms. The molecule has 0 aliphatic rings. The Kier molecular flexibility index (Phi) is 10.8. The molecule has 0 atom stereocenters. The van der Waals surface area contributed by atoms with Crippen LogP contribution in [-0.2, 0) is 20.9 Å². The van der Waals surface area contributed by atoms with Gasteiger partial charge in [0.05, 0.1) is 13.2 Å². The lowest BCUT2D eigenvalue weighted by Crippen LogP contribution is -2.37. The third kappa shape index (κ3) is 9.01. The zero-order valence-corrected chi connectivity index (χ0v) is 21.1. The zero-order valence-electron chi connectivity index (χ0n) is 20.3. The fourth-order valence-corrected chi connectivity index (χ4v) is 4.02. The highest BCUT2D eigenvalue weighted by Crippen LogP contribution is 2.12. The van der Waals surface area contributed by atoms with Gasteiger partial charge in [0, 0.05) is 26.4 Å². The lowest BCUT2D eigenvalue weighted by atomic mass is 10.3. The van der Waals surface area contributed by atoms with Gasteiger partial charge in [0.1, 0.15) is 33.4 Å². The van der Waals surface area contributed by atoms with E-state index in [1.165, 1.54) is 6.20 Å². The van der Waals surface area contributed by atoms with E-state index in [4.69, 9.17) is 4.74 Å². The number of carbonyl (C=O) groups is 2. The maximum absolute atomic E-state index is 12.8. The molecule has 200 valence electrons. The van der Waals surface area contributed by atoms with Gasteiger partial charge in [0.25, 0.3) is 11.5 Å². The zero-order chi connectivity index (χ0) is 27.6. The van der Waals surface area contributed by atoms with E-state index >= 15 is 0 Å². The minimum atomic E-state index is -4.65. The second-order valence-corrected chi connectivity index (χ2v) is 8.61. The van der Waals surface area contributed by atoms with Crippen LogP contribution in [0.2, 0.25) is 0 Å². The summed E-state index contributed by atoms with van der Waals surface area (Å²) >= 11 is 0.770. The summed E-state index contributed by atoms with van der Waals surface area (Å²) < 4.78 is 43.5. The van der Waals surface area contributed by atoms with E-state index in [9.17, 15) is 32.8 Å². The quantitative estimate of drug-likeness (QED) is 0.362. The van der Waals surface area contributed by atoms with Crippen LogP contribution < -0.4 is 30.7 Å². The standard InChI is InChI=1S/C22H26F3N7O4S/c1-4-32-20(35)15(37-21(32)14(10-26)19(34)28-13-22(23,24)25)11-27-16-6-5-7-17(29-16)30-18(33)12-31(2)8-9-36-3/h5-7,11H,4,8-9,12-13H2,1-3H3,(H,28,34)(H2,27,29,30,33). The predicted molar refractivity (Wildman–Crippen MR) is 132 cm³/mol. The van der Waals surface area contributed by atoms with Gasteiger partial charge >= 0.3 is 6.18 Å². The number of likely N-dealkylation sites (N-methyl/N-ethyl adjacent to an activating group) is 1. The fourth-order valence-electron chi connectivity index (χ4n) is 2.94. The summed E-state index contributed by atoms with van der Waals surface area (Å²) in [5.74, 6) is -0.969. The van der Waals surface area contributed by atoms with E-state index in [2.05, 4.69) is 15.6 Å². The van der Waals surface area contributed by atoms with Crippen molar-refractivity contribution in [3.63, 3.8) is 0 Å². The smallest absolute Gasteiger partial charge is 0.383 e. The molecule has 2 heterocycles. The number of aromatic nitrogens is 2. The van der Waals surface area contributed by atoms with Crippen molar-refractivity contribution < 1.29 is 27.5 Å². The van der Waals surface area contributed by atoms with E-state index < -0.39 is 29.8 Å². The molecule has 0 unspecified atom stereocenters. The molecular weight excluding hydrogens is 515 g/mol. The first-order valence-electron chi connectivity index (χ1n) is 10.9. The number of nitrogens with one attached hydrogen (secondary N) is 3. The number of pyridine rings is 1. The molecule has 2 aromatic rings. The van der Waals surface area contributed by atoms with Crippen LogP contribution in [0, 0.1) is 11.3 Å². The highest BCUT2D eigenvalue weighted by atomic mass is 32.1. The molecule has 11 nitrogen and oxygen atoms in total. The summed E-state index contributed by atoms with van der Waals surface area (Å²) in [6.45, 7) is 1.24. The monoisotopic (exact) mass is 541 g/mol. The highest BCUT2D eigenvalue weighted by molar-refractivity contribution is 7.07. The Labute approximate surface area is 213 Å². The fraction of sp³-hybridized carbons (Fsp3) is 0.409. The van der Waals surface area contributed by atoms with Gasteiger partial charge in [-0.1, -0.05) is 6.07 Å². The molecule has 0 aromatic carbocycles. The summed E-state index contributed by atoms with van der Waals surface area (Å²) in [7, 11) is 3.34. The number of hydrogen-bond acceptors (Lipinski definition) is 9. The van der Waals surface area contributed by atoms with E-state index in [0.717, 1.165) is 15.9 Å². The van der Waals surface area contributed by atoms with Crippen LogP contribution >= 0.6 is 11.3 Å². The summed E-state index contributed by atoms with van der Waals surface area (Å²) in [5.41, 5.74) is -1.15. The third-order valence-electron chi connectivity index (χ3n) is 4.68. The number of nitriles is 1. The number of hydrogen-bond donors (Lipinski definition) is 3. The van der Waals surface area contributed by atoms with Gasteiger partial charge < -0.3 is 20.7 Å². The molecule has 37 heavy (non-hydrogen) atoms. The van der Waals surface area contributed by atoms with Gasteiger partial charge in [0.15, 0.2) is 5.57 Å². The van der Waals surface area contributed by atoms with Crippen LogP contribution in [0.4, 0.5) is 24.8 Å². The molecule has 0 bridgehead atoms. The second kappa shape index (κ2) is 13.5. The summed E-state index contributed by atoms with van der Waals surface area (Å²) in [6, 6.07) is 6.38. The Morgan fingerprint density at radius 1 is 1.32 bits per heavy atom. The molecule has 0 aliphatic heterocycles. The Morgan fingerprint density at radius 3 is 2.65 bits per heavy atom. The second-order valence-electron chi connectivity index (χ2n) is 7.58. The van der Waals surface area contributed by atoms with Crippen LogP contribution in [0.3, 0.4) is 0 Å². The van der Waals surface area contributed by atoms with Gasteiger partial charge in [-0.15, -0.1) is 11.3 Å². The van der Waals surface area contributed by atoms with Gasteiger partial charge in [-0.25, -0.2) is 4.98 Å². The normalized spacial score (nSPS) is 12.8. The molecule has 2 amide bonds. The summed E-state index contributed by atoms with van der Waals surface area (Å²) in [5, 5.41) is 16.5. The van der Waals surface area contributed by atoms with Crippen LogP contribution in [-0.4, -0.2) is 72.8 Å².